The number of carbonyl (C=O) groups is 11. The third-order valence-electron chi connectivity index (χ3n) is 14.8. The molecule has 0 saturated carbocycles. The number of nitrogens with zero attached hydrogens (tertiary/aromatic N) is 2. The van der Waals surface area contributed by atoms with E-state index in [9.17, 15) is 63.0 Å². The molecule has 0 spiro atoms. The smallest absolute Gasteiger partial charge is 0.315 e. The molecule has 0 unspecified atom stereocenters. The van der Waals surface area contributed by atoms with Crippen LogP contribution in [0, 0.1) is 61.9 Å². The number of likely N-dealkylation sites (tertiary alicyclic amines) is 1. The maximum absolute atomic E-state index is 14.3. The van der Waals surface area contributed by atoms with Crippen molar-refractivity contribution < 1.29 is 101 Å². The van der Waals surface area contributed by atoms with Crippen LogP contribution in [0.4, 0.5) is 4.79 Å². The number of carbonyl (C=O) groups excluding carboxylic acids is 11. The van der Waals surface area contributed by atoms with Crippen LogP contribution in [-0.4, -0.2) is 160 Å². The second-order valence-corrected chi connectivity index (χ2v) is 22.2. The number of urea groups is 1. The second kappa shape index (κ2) is 35.8. The van der Waals surface area contributed by atoms with E-state index >= 15 is 0 Å². The van der Waals surface area contributed by atoms with Gasteiger partial charge in [-0.25, -0.2) is 4.79 Å². The van der Waals surface area contributed by atoms with Crippen LogP contribution in [0.5, 0.6) is 5.75 Å². The number of benzene rings is 3. The zero-order chi connectivity index (χ0) is 63.9. The van der Waals surface area contributed by atoms with Crippen LogP contribution in [0.25, 0.3) is 10.9 Å². The van der Waals surface area contributed by atoms with E-state index in [2.05, 4.69) is 47.2 Å². The van der Waals surface area contributed by atoms with E-state index in [1.165, 1.54) is 37.9 Å². The van der Waals surface area contributed by atoms with Gasteiger partial charge in [-0.05, 0) is 73.4 Å². The van der Waals surface area contributed by atoms with Gasteiger partial charge in [0.05, 0.1) is 49.2 Å². The average Bonchev–Trinajstić information content (AvgIpc) is 3.17. The number of aromatic amines is 1. The van der Waals surface area contributed by atoms with Gasteiger partial charge in [0.15, 0.2) is 23.3 Å². The van der Waals surface area contributed by atoms with Gasteiger partial charge in [0, 0.05) is 107 Å². The van der Waals surface area contributed by atoms with Crippen LogP contribution < -0.4 is 54.4 Å². The SMILES string of the molecule is CN=C(N)NCCC[C@H](CC(=O)[C@H](CC(C)C)NC(=O)NCC(=O)[C@H](Cc1ccccc1)NC(=O)[C@@H](CC(=O)[C@H](CC(N)=O)NC(=O)[C@@H]1C[CH-]CN1C(=O)[C@H](Cc1ccc(O)cc1)NC(C)=O)[C@@H](C)O)C(=O)N[C@@H](Cc1c[nH]c2ccccc12)C(N)=O.[Ho]. The molecule has 88 heavy (non-hydrogen) atoms. The minimum absolute atomic E-state index is 0. The second-order valence-electron chi connectivity index (χ2n) is 22.2. The number of guanidine groups is 1. The van der Waals surface area contributed by atoms with E-state index in [0.717, 1.165) is 16.5 Å². The Morgan fingerprint density at radius 1 is 0.705 bits per heavy atom. The van der Waals surface area contributed by atoms with Crippen molar-refractivity contribution in [2.24, 2.45) is 39.9 Å². The monoisotopic (exact) mass is 1370 g/mol. The molecular formula is C61H82HoN13O13-. The summed E-state index contributed by atoms with van der Waals surface area (Å²) in [6.07, 6.45) is 0.567. The van der Waals surface area contributed by atoms with Crippen LogP contribution in [0.15, 0.2) is 90.1 Å². The van der Waals surface area contributed by atoms with Gasteiger partial charge in [-0.2, -0.15) is 0 Å². The van der Waals surface area contributed by atoms with Crippen molar-refractivity contribution in [2.45, 2.75) is 134 Å². The summed E-state index contributed by atoms with van der Waals surface area (Å²) in [5, 5.41) is 40.0. The molecule has 2 heterocycles. The van der Waals surface area contributed by atoms with E-state index < -0.39 is 138 Å². The number of fused-ring (bicyclic) bond motifs is 1. The van der Waals surface area contributed by atoms with Crippen LogP contribution >= 0.6 is 0 Å². The molecule has 27 heteroatoms. The van der Waals surface area contributed by atoms with Gasteiger partial charge >= 0.3 is 6.03 Å². The number of aromatic hydroxyl groups is 1. The summed E-state index contributed by atoms with van der Waals surface area (Å²) < 4.78 is 0. The molecule has 1 aliphatic heterocycles. The summed E-state index contributed by atoms with van der Waals surface area (Å²) in [5.74, 6) is -10.1. The standard InChI is InChI=1S/C61H82N13O13.Ho/c1-34(2)25-45(51(78)29-39(15-11-23-66-60(64)65-5)56(83)72-48(55(63)82)28-40-32-67-44-17-10-9-16-42(40)44)73-61(87)68-33-53(80)46(26-37-13-7-6-8-14-37)70-57(84)43(35(3)75)30-52(79)47(31-54(62)81)71-58(85)50-18-12-24-74(50)59(86)49(69-36(4)76)27-38-19-21-41(77)22-20-38;/h6-10,12-14,16-17,19-22,32,34-35,39,43,45-50,67,75,77H,11,15,18,23-31,33H2,1-5H3,(H2,62,81)(H2,63,82)(H,69,76)(H,70,84)(H,71,85)(H,72,83)(H3,64,65,66)(H2,68,73,87);/q-1;/t35-,39-,43+,45+,46+,47+,48+,49+,50+;/m1./s1. The number of aromatic nitrogens is 1. The van der Waals surface area contributed by atoms with Crippen LogP contribution in [0.3, 0.4) is 0 Å². The Kier molecular flexibility index (Phi) is 29.5. The Morgan fingerprint density at radius 3 is 1.98 bits per heavy atom. The van der Waals surface area contributed by atoms with Crippen molar-refractivity contribution >= 4 is 81.6 Å². The van der Waals surface area contributed by atoms with Crippen molar-refractivity contribution in [3.63, 3.8) is 0 Å². The van der Waals surface area contributed by atoms with Gasteiger partial charge in [-0.3, -0.25) is 52.9 Å². The predicted octanol–water partition coefficient (Wildman–Crippen LogP) is 0.155. The number of nitrogens with one attached hydrogen (secondary N) is 8. The molecule has 1 fully saturated rings. The van der Waals surface area contributed by atoms with Gasteiger partial charge < -0.3 is 80.9 Å². The maximum Gasteiger partial charge on any atom is 0.315 e. The largest absolute Gasteiger partial charge is 0.508 e. The summed E-state index contributed by atoms with van der Waals surface area (Å²) in [5.41, 5.74) is 19.9. The van der Waals surface area contributed by atoms with Gasteiger partial charge in [-0.15, -0.1) is 13.0 Å². The topological polar surface area (TPSA) is 422 Å². The first-order chi connectivity index (χ1) is 41.3. The van der Waals surface area contributed by atoms with Gasteiger partial charge in [-0.1, -0.05) is 74.5 Å². The number of ketones is 3. The van der Waals surface area contributed by atoms with Crippen molar-refractivity contribution in [3.8, 4) is 5.75 Å². The molecule has 5 rings (SSSR count). The number of hydrogen-bond acceptors (Lipinski definition) is 14. The summed E-state index contributed by atoms with van der Waals surface area (Å²) in [6.45, 7) is 5.69. The Labute approximate surface area is 540 Å². The van der Waals surface area contributed by atoms with E-state index in [0.29, 0.717) is 24.1 Å². The zero-order valence-electron chi connectivity index (χ0n) is 49.9. The number of amides is 9. The Morgan fingerprint density at radius 2 is 1.34 bits per heavy atom. The van der Waals surface area contributed by atoms with E-state index in [-0.39, 0.29) is 107 Å². The first kappa shape index (κ1) is 72.5. The number of Topliss-reactive ketones (excluding diaryl/α,β-unsaturated/α-hetero) is 3. The third-order valence-corrected chi connectivity index (χ3v) is 14.8. The number of phenolic OH excluding ortho intramolecular Hbond substituents is 1. The molecule has 1 aromatic heterocycles. The first-order valence-corrected chi connectivity index (χ1v) is 28.8. The number of nitrogens with two attached hydrogens (primary N) is 3. The van der Waals surface area contributed by atoms with Gasteiger partial charge in [0.1, 0.15) is 17.8 Å². The van der Waals surface area contributed by atoms with Gasteiger partial charge in [0.2, 0.25) is 41.4 Å². The number of rotatable bonds is 34. The van der Waals surface area contributed by atoms with Crippen molar-refractivity contribution in [3.05, 3.63) is 108 Å². The average molecular weight is 1370 g/mol. The summed E-state index contributed by atoms with van der Waals surface area (Å²) in [4.78, 5) is 158. The molecular weight excluding hydrogens is 1290 g/mol. The molecule has 0 aliphatic carbocycles. The number of aliphatic hydroxyl groups excluding tert-OH is 1. The molecule has 1 saturated heterocycles. The first-order valence-electron chi connectivity index (χ1n) is 28.8. The molecule has 0 bridgehead atoms. The molecule has 9 amide bonds. The number of H-pyrrole nitrogens is 1. The molecule has 4 aromatic rings. The molecule has 3 aromatic carbocycles. The normalized spacial score (nSPS) is 15.8. The molecule has 1 radical (unpaired) electrons. The zero-order valence-corrected chi connectivity index (χ0v) is 51.9. The Balaban J connectivity index is 0.0000166. The summed E-state index contributed by atoms with van der Waals surface area (Å²) in [6, 6.07) is 13.3. The number of para-hydroxylation sites is 1. The Hall–Kier alpha value is -7.94. The molecule has 16 N–H and O–H groups in total. The minimum atomic E-state index is -1.64. The number of aliphatic imine (C=N–C) groups is 1. The van der Waals surface area contributed by atoms with Crippen LogP contribution in [0.2, 0.25) is 0 Å². The molecule has 481 valence electrons. The number of aliphatic hydroxyl groups is 1. The molecule has 26 nitrogen and oxygen atoms in total. The quantitative estimate of drug-likeness (QED) is 0.00974. The van der Waals surface area contributed by atoms with Crippen molar-refractivity contribution in [1.82, 2.24) is 47.1 Å². The van der Waals surface area contributed by atoms with Crippen LogP contribution in [-0.2, 0) is 67.2 Å². The fourth-order valence-corrected chi connectivity index (χ4v) is 10.2. The maximum atomic E-state index is 14.3. The Bertz CT molecular complexity index is 3100. The van der Waals surface area contributed by atoms with Crippen LogP contribution in [0.1, 0.15) is 89.3 Å². The summed E-state index contributed by atoms with van der Waals surface area (Å²) in [7, 11) is 1.50. The summed E-state index contributed by atoms with van der Waals surface area (Å²) >= 11 is 0. The van der Waals surface area contributed by atoms with Crippen molar-refractivity contribution in [1.29, 1.82) is 0 Å². The number of hydrogen-bond donors (Lipinski definition) is 13. The number of phenols is 1. The van der Waals surface area contributed by atoms with E-state index in [1.807, 2.05) is 38.1 Å². The van der Waals surface area contributed by atoms with E-state index in [1.54, 1.807) is 55.1 Å². The van der Waals surface area contributed by atoms with E-state index in [4.69, 9.17) is 17.2 Å². The number of primary amides is 2. The third kappa shape index (κ3) is 23.0. The van der Waals surface area contributed by atoms with Gasteiger partial charge in [0.25, 0.3) is 0 Å². The minimum Gasteiger partial charge on any atom is -0.508 e. The molecule has 1 aliphatic rings. The fraction of sp³-hybridized carbons (Fsp3) is 0.459. The predicted molar refractivity (Wildman–Crippen MR) is 322 cm³/mol. The van der Waals surface area contributed by atoms with Crippen molar-refractivity contribution in [2.75, 3.05) is 26.7 Å². The molecule has 9 atom stereocenters. The fourth-order valence-electron chi connectivity index (χ4n) is 10.2.